The third kappa shape index (κ3) is 4.94. The molecule has 0 saturated carbocycles. The number of esters is 1. The van der Waals surface area contributed by atoms with Crippen LogP contribution in [0.15, 0.2) is 59.9 Å². The van der Waals surface area contributed by atoms with Crippen LogP contribution in [0.4, 0.5) is 11.4 Å². The lowest BCUT2D eigenvalue weighted by Gasteiger charge is -2.17. The zero-order valence-electron chi connectivity index (χ0n) is 14.8. The summed E-state index contributed by atoms with van der Waals surface area (Å²) < 4.78 is 4.77. The molecule has 0 spiro atoms. The van der Waals surface area contributed by atoms with Crippen LogP contribution in [0.5, 0.6) is 0 Å². The van der Waals surface area contributed by atoms with E-state index in [-0.39, 0.29) is 17.2 Å². The van der Waals surface area contributed by atoms with E-state index in [2.05, 4.69) is 10.6 Å². The maximum atomic E-state index is 12.1. The Kier molecular flexibility index (Phi) is 5.95. The molecular weight excluding hydrogens is 316 g/mol. The summed E-state index contributed by atoms with van der Waals surface area (Å²) in [6.45, 7) is 5.31. The minimum absolute atomic E-state index is 0.0661. The molecular formula is C20H22N2O3. The van der Waals surface area contributed by atoms with Gasteiger partial charge in [0.25, 0.3) is 0 Å². The molecule has 0 bridgehead atoms. The third-order valence-electron chi connectivity index (χ3n) is 3.63. The first kappa shape index (κ1) is 18.3. The number of rotatable bonds is 6. The number of hydrogen-bond donors (Lipinski definition) is 2. The summed E-state index contributed by atoms with van der Waals surface area (Å²) >= 11 is 0. The average molecular weight is 338 g/mol. The molecule has 5 nitrogen and oxygen atoms in total. The smallest absolute Gasteiger partial charge is 0.345 e. The Labute approximate surface area is 147 Å². The quantitative estimate of drug-likeness (QED) is 0.363. The summed E-state index contributed by atoms with van der Waals surface area (Å²) in [6.07, 6.45) is 0. The van der Waals surface area contributed by atoms with E-state index < -0.39 is 5.97 Å². The molecule has 0 atom stereocenters. The number of benzene rings is 2. The number of ketones is 1. The molecule has 0 unspecified atom stereocenters. The van der Waals surface area contributed by atoms with Crippen LogP contribution in [0.2, 0.25) is 0 Å². The molecule has 0 aliphatic carbocycles. The minimum Gasteiger partial charge on any atom is -0.465 e. The molecule has 25 heavy (non-hydrogen) atoms. The van der Waals surface area contributed by atoms with Crippen molar-refractivity contribution in [3.05, 3.63) is 71.1 Å². The number of carbonyl (C=O) groups is 2. The normalized spacial score (nSPS) is 9.92. The van der Waals surface area contributed by atoms with Gasteiger partial charge in [0.15, 0.2) is 5.78 Å². The lowest BCUT2D eigenvalue weighted by Crippen LogP contribution is -2.22. The second-order valence-electron chi connectivity index (χ2n) is 5.78. The second kappa shape index (κ2) is 8.15. The van der Waals surface area contributed by atoms with Gasteiger partial charge in [-0.15, -0.1) is 0 Å². The second-order valence-corrected chi connectivity index (χ2v) is 5.78. The number of nitrogens with one attached hydrogen (secondary N) is 2. The molecule has 0 radical (unpaired) electrons. The van der Waals surface area contributed by atoms with Crippen LogP contribution in [0.25, 0.3) is 0 Å². The van der Waals surface area contributed by atoms with Crippen molar-refractivity contribution in [2.45, 2.75) is 20.8 Å². The van der Waals surface area contributed by atoms with E-state index in [0.717, 1.165) is 22.5 Å². The van der Waals surface area contributed by atoms with E-state index >= 15 is 0 Å². The van der Waals surface area contributed by atoms with Crippen LogP contribution in [-0.4, -0.2) is 18.9 Å². The Morgan fingerprint density at radius 2 is 1.20 bits per heavy atom. The van der Waals surface area contributed by atoms with Crippen LogP contribution >= 0.6 is 0 Å². The van der Waals surface area contributed by atoms with Crippen LogP contribution in [-0.2, 0) is 14.3 Å². The summed E-state index contributed by atoms with van der Waals surface area (Å²) in [7, 11) is 1.25. The molecule has 0 aliphatic heterocycles. The van der Waals surface area contributed by atoms with Gasteiger partial charge in [0.2, 0.25) is 0 Å². The number of aryl methyl sites for hydroxylation is 2. The van der Waals surface area contributed by atoms with Crippen LogP contribution in [0.3, 0.4) is 0 Å². The van der Waals surface area contributed by atoms with Gasteiger partial charge < -0.3 is 15.4 Å². The highest BCUT2D eigenvalue weighted by Gasteiger charge is 2.21. The van der Waals surface area contributed by atoms with Crippen molar-refractivity contribution in [2.75, 3.05) is 17.7 Å². The number of anilines is 2. The van der Waals surface area contributed by atoms with Crippen LogP contribution in [0, 0.1) is 13.8 Å². The van der Waals surface area contributed by atoms with Crippen molar-refractivity contribution >= 4 is 23.1 Å². The van der Waals surface area contributed by atoms with Crippen molar-refractivity contribution in [3.63, 3.8) is 0 Å². The van der Waals surface area contributed by atoms with Gasteiger partial charge in [0.1, 0.15) is 11.4 Å². The highest BCUT2D eigenvalue weighted by molar-refractivity contribution is 6.17. The predicted octanol–water partition coefficient (Wildman–Crippen LogP) is 3.80. The maximum absolute atomic E-state index is 12.1. The minimum atomic E-state index is -0.693. The first-order valence-corrected chi connectivity index (χ1v) is 7.91. The van der Waals surface area contributed by atoms with Crippen molar-refractivity contribution in [1.82, 2.24) is 0 Å². The fourth-order valence-corrected chi connectivity index (χ4v) is 2.24. The summed E-state index contributed by atoms with van der Waals surface area (Å²) in [5.74, 6) is -0.796. The summed E-state index contributed by atoms with van der Waals surface area (Å²) in [6, 6.07) is 15.3. The predicted molar refractivity (Wildman–Crippen MR) is 99.3 cm³/mol. The lowest BCUT2D eigenvalue weighted by molar-refractivity contribution is -0.137. The van der Waals surface area contributed by atoms with E-state index in [4.69, 9.17) is 4.74 Å². The summed E-state index contributed by atoms with van der Waals surface area (Å²) in [5, 5.41) is 6.23. The average Bonchev–Trinajstić information content (AvgIpc) is 2.58. The fourth-order valence-electron chi connectivity index (χ4n) is 2.24. The van der Waals surface area contributed by atoms with Gasteiger partial charge in [0, 0.05) is 11.4 Å². The Balaban J connectivity index is 2.45. The lowest BCUT2D eigenvalue weighted by atomic mass is 10.1. The maximum Gasteiger partial charge on any atom is 0.345 e. The molecule has 0 fully saturated rings. The summed E-state index contributed by atoms with van der Waals surface area (Å²) in [4.78, 5) is 24.1. The molecule has 0 saturated heterocycles. The van der Waals surface area contributed by atoms with Gasteiger partial charge in [-0.25, -0.2) is 4.79 Å². The van der Waals surface area contributed by atoms with Gasteiger partial charge in [0.05, 0.1) is 7.11 Å². The van der Waals surface area contributed by atoms with Gasteiger partial charge in [-0.1, -0.05) is 35.4 Å². The Bertz CT molecular complexity index is 741. The van der Waals surface area contributed by atoms with E-state index in [0.29, 0.717) is 0 Å². The molecule has 0 aliphatic rings. The number of ether oxygens (including phenoxy) is 1. The Morgan fingerprint density at radius 1 is 0.800 bits per heavy atom. The number of methoxy groups -OCH3 is 1. The SMILES string of the molecule is COC(=O)C(C(C)=O)=C(Nc1ccc(C)cc1)Nc1ccc(C)cc1. The highest BCUT2D eigenvalue weighted by atomic mass is 16.5. The highest BCUT2D eigenvalue weighted by Crippen LogP contribution is 2.19. The zero-order chi connectivity index (χ0) is 18.4. The Hall–Kier alpha value is -3.08. The van der Waals surface area contributed by atoms with Crippen LogP contribution in [0.1, 0.15) is 18.1 Å². The van der Waals surface area contributed by atoms with Gasteiger partial charge in [-0.3, -0.25) is 4.79 Å². The molecule has 2 rings (SSSR count). The number of hydrogen-bond acceptors (Lipinski definition) is 5. The monoisotopic (exact) mass is 338 g/mol. The standard InChI is InChI=1S/C20H22N2O3/c1-13-5-9-16(10-6-13)21-19(18(15(3)23)20(24)25-4)22-17-11-7-14(2)8-12-17/h5-12,21-22H,1-4H3. The van der Waals surface area contributed by atoms with Gasteiger partial charge >= 0.3 is 5.97 Å². The van der Waals surface area contributed by atoms with Crippen molar-refractivity contribution < 1.29 is 14.3 Å². The third-order valence-corrected chi connectivity index (χ3v) is 3.63. The van der Waals surface area contributed by atoms with Crippen molar-refractivity contribution in [2.24, 2.45) is 0 Å². The molecule has 2 N–H and O–H groups in total. The largest absolute Gasteiger partial charge is 0.465 e. The van der Waals surface area contributed by atoms with E-state index in [1.54, 1.807) is 0 Å². The molecule has 5 heteroatoms. The van der Waals surface area contributed by atoms with Gasteiger partial charge in [-0.2, -0.15) is 0 Å². The molecule has 2 aromatic rings. The van der Waals surface area contributed by atoms with Gasteiger partial charge in [-0.05, 0) is 45.0 Å². The van der Waals surface area contributed by atoms with Crippen LogP contribution < -0.4 is 10.6 Å². The zero-order valence-corrected chi connectivity index (χ0v) is 14.8. The number of Topliss-reactive ketones (excluding diaryl/α,β-unsaturated/α-hetero) is 1. The molecule has 0 amide bonds. The topological polar surface area (TPSA) is 67.4 Å². The molecule has 0 heterocycles. The van der Waals surface area contributed by atoms with E-state index in [9.17, 15) is 9.59 Å². The van der Waals surface area contributed by atoms with E-state index in [1.165, 1.54) is 14.0 Å². The fraction of sp³-hybridized carbons (Fsp3) is 0.200. The number of carbonyl (C=O) groups excluding carboxylic acids is 2. The summed E-state index contributed by atoms with van der Waals surface area (Å²) in [5.41, 5.74) is 3.67. The molecule has 130 valence electrons. The van der Waals surface area contributed by atoms with Crippen molar-refractivity contribution in [3.8, 4) is 0 Å². The Morgan fingerprint density at radius 3 is 1.52 bits per heavy atom. The first-order valence-electron chi connectivity index (χ1n) is 7.91. The first-order chi connectivity index (χ1) is 11.9. The molecule has 2 aromatic carbocycles. The molecule has 0 aromatic heterocycles. The van der Waals surface area contributed by atoms with Crippen molar-refractivity contribution in [1.29, 1.82) is 0 Å². The van der Waals surface area contributed by atoms with E-state index in [1.807, 2.05) is 62.4 Å².